The largest absolute Gasteiger partial charge is 0.493 e. The lowest BCUT2D eigenvalue weighted by atomic mass is 9.90. The summed E-state index contributed by atoms with van der Waals surface area (Å²) in [5.74, 6) is 1.48. The molecule has 1 heterocycles. The van der Waals surface area contributed by atoms with Gasteiger partial charge >= 0.3 is 0 Å². The van der Waals surface area contributed by atoms with E-state index in [0.717, 1.165) is 11.3 Å². The fourth-order valence-corrected chi connectivity index (χ4v) is 1.76. The Morgan fingerprint density at radius 1 is 1.33 bits per heavy atom. The van der Waals surface area contributed by atoms with Crippen LogP contribution in [0.5, 0.6) is 5.75 Å². The highest BCUT2D eigenvalue weighted by Gasteiger charge is 2.26. The van der Waals surface area contributed by atoms with E-state index in [-0.39, 0.29) is 5.82 Å². The van der Waals surface area contributed by atoms with Crippen molar-refractivity contribution in [2.24, 2.45) is 5.92 Å². The van der Waals surface area contributed by atoms with Gasteiger partial charge in [-0.25, -0.2) is 4.39 Å². The Hall–Kier alpha value is -1.05. The quantitative estimate of drug-likeness (QED) is 0.681. The Labute approximate surface area is 91.3 Å². The SMILES string of the molecule is CC.CC(C)C1COc2cc(F)ccc21. The lowest BCUT2D eigenvalue weighted by Gasteiger charge is -2.11. The summed E-state index contributed by atoms with van der Waals surface area (Å²) in [5.41, 5.74) is 1.15. The van der Waals surface area contributed by atoms with E-state index in [1.807, 2.05) is 19.9 Å². The zero-order valence-corrected chi connectivity index (χ0v) is 9.88. The third-order valence-corrected chi connectivity index (χ3v) is 2.60. The van der Waals surface area contributed by atoms with E-state index in [1.54, 1.807) is 0 Å². The Balaban J connectivity index is 0.000000531. The van der Waals surface area contributed by atoms with Gasteiger partial charge in [-0.05, 0) is 12.0 Å². The van der Waals surface area contributed by atoms with Crippen LogP contribution in [-0.2, 0) is 0 Å². The summed E-state index contributed by atoms with van der Waals surface area (Å²) in [6.07, 6.45) is 0. The first kappa shape index (κ1) is 12.0. The van der Waals surface area contributed by atoms with Crippen LogP contribution in [0.3, 0.4) is 0 Å². The molecule has 0 saturated heterocycles. The number of hydrogen-bond donors (Lipinski definition) is 0. The van der Waals surface area contributed by atoms with Gasteiger partial charge in [0, 0.05) is 17.5 Å². The summed E-state index contributed by atoms with van der Waals surface area (Å²) in [7, 11) is 0. The van der Waals surface area contributed by atoms with E-state index >= 15 is 0 Å². The standard InChI is InChI=1S/C11H13FO.C2H6/c1-7(2)10-6-13-11-5-8(12)3-4-9(10)11;1-2/h3-5,7,10H,6H2,1-2H3;1-2H3. The second-order valence-electron chi connectivity index (χ2n) is 3.84. The molecule has 84 valence electrons. The van der Waals surface area contributed by atoms with Gasteiger partial charge in [-0.3, -0.25) is 0 Å². The van der Waals surface area contributed by atoms with Crippen molar-refractivity contribution in [2.75, 3.05) is 6.61 Å². The third kappa shape index (κ3) is 2.49. The average Bonchev–Trinajstić information content (AvgIpc) is 2.63. The normalized spacial score (nSPS) is 17.9. The van der Waals surface area contributed by atoms with Gasteiger partial charge in [-0.15, -0.1) is 0 Å². The minimum absolute atomic E-state index is 0.219. The van der Waals surface area contributed by atoms with Crippen LogP contribution in [0.2, 0.25) is 0 Å². The average molecular weight is 210 g/mol. The maximum absolute atomic E-state index is 12.8. The van der Waals surface area contributed by atoms with Crippen LogP contribution in [0.1, 0.15) is 39.2 Å². The molecule has 2 rings (SSSR count). The van der Waals surface area contributed by atoms with E-state index in [2.05, 4.69) is 13.8 Å². The molecule has 2 heteroatoms. The van der Waals surface area contributed by atoms with Gasteiger partial charge < -0.3 is 4.74 Å². The summed E-state index contributed by atoms with van der Waals surface area (Å²) in [6.45, 7) is 9.01. The second-order valence-corrected chi connectivity index (χ2v) is 3.84. The van der Waals surface area contributed by atoms with Crippen molar-refractivity contribution in [3.8, 4) is 5.75 Å². The maximum Gasteiger partial charge on any atom is 0.126 e. The van der Waals surface area contributed by atoms with Crippen molar-refractivity contribution in [1.29, 1.82) is 0 Å². The Kier molecular flexibility index (Phi) is 4.13. The van der Waals surface area contributed by atoms with Crippen LogP contribution >= 0.6 is 0 Å². The fourth-order valence-electron chi connectivity index (χ4n) is 1.76. The van der Waals surface area contributed by atoms with Gasteiger partial charge in [0.1, 0.15) is 11.6 Å². The van der Waals surface area contributed by atoms with Crippen molar-refractivity contribution >= 4 is 0 Å². The molecular formula is C13H19FO. The van der Waals surface area contributed by atoms with Crippen LogP contribution in [0.25, 0.3) is 0 Å². The number of ether oxygens (including phenoxy) is 1. The number of halogens is 1. The Morgan fingerprint density at radius 3 is 2.60 bits per heavy atom. The molecule has 1 atom stereocenters. The van der Waals surface area contributed by atoms with E-state index in [0.29, 0.717) is 18.4 Å². The molecule has 0 saturated carbocycles. The van der Waals surface area contributed by atoms with Gasteiger partial charge in [0.2, 0.25) is 0 Å². The van der Waals surface area contributed by atoms with Crippen LogP contribution in [0, 0.1) is 11.7 Å². The van der Waals surface area contributed by atoms with E-state index in [9.17, 15) is 4.39 Å². The zero-order valence-electron chi connectivity index (χ0n) is 9.88. The molecule has 0 radical (unpaired) electrons. The van der Waals surface area contributed by atoms with Crippen molar-refractivity contribution in [3.05, 3.63) is 29.6 Å². The molecule has 1 nitrogen and oxygen atoms in total. The van der Waals surface area contributed by atoms with Crippen LogP contribution < -0.4 is 4.74 Å². The fraction of sp³-hybridized carbons (Fsp3) is 0.538. The number of rotatable bonds is 1. The number of fused-ring (bicyclic) bond motifs is 1. The maximum atomic E-state index is 12.8. The van der Waals surface area contributed by atoms with E-state index < -0.39 is 0 Å². The van der Waals surface area contributed by atoms with Crippen molar-refractivity contribution in [1.82, 2.24) is 0 Å². The third-order valence-electron chi connectivity index (χ3n) is 2.60. The highest BCUT2D eigenvalue weighted by atomic mass is 19.1. The Bertz CT molecular complexity index is 320. The molecule has 1 aromatic carbocycles. The summed E-state index contributed by atoms with van der Waals surface area (Å²) in [4.78, 5) is 0. The molecule has 1 aromatic rings. The van der Waals surface area contributed by atoms with Crippen molar-refractivity contribution in [2.45, 2.75) is 33.6 Å². The zero-order chi connectivity index (χ0) is 11.4. The van der Waals surface area contributed by atoms with E-state index in [1.165, 1.54) is 12.1 Å². The first-order valence-corrected chi connectivity index (χ1v) is 5.60. The Morgan fingerprint density at radius 2 is 2.00 bits per heavy atom. The van der Waals surface area contributed by atoms with Gasteiger partial charge in [0.05, 0.1) is 6.61 Å². The predicted molar refractivity (Wildman–Crippen MR) is 60.8 cm³/mol. The lowest BCUT2D eigenvalue weighted by molar-refractivity contribution is 0.303. The molecule has 15 heavy (non-hydrogen) atoms. The van der Waals surface area contributed by atoms with Gasteiger partial charge in [0.25, 0.3) is 0 Å². The molecule has 0 N–H and O–H groups in total. The van der Waals surface area contributed by atoms with Crippen molar-refractivity contribution < 1.29 is 9.13 Å². The highest BCUT2D eigenvalue weighted by molar-refractivity contribution is 5.40. The van der Waals surface area contributed by atoms with E-state index in [4.69, 9.17) is 4.74 Å². The molecule has 0 spiro atoms. The predicted octanol–water partition coefficient (Wildman–Crippen LogP) is 3.98. The molecule has 0 fully saturated rings. The summed E-state index contributed by atoms with van der Waals surface area (Å²) in [6, 6.07) is 4.81. The van der Waals surface area contributed by atoms with Crippen molar-refractivity contribution in [3.63, 3.8) is 0 Å². The smallest absolute Gasteiger partial charge is 0.126 e. The lowest BCUT2D eigenvalue weighted by Crippen LogP contribution is -2.07. The molecule has 0 aromatic heterocycles. The topological polar surface area (TPSA) is 9.23 Å². The highest BCUT2D eigenvalue weighted by Crippen LogP contribution is 2.38. The first-order chi connectivity index (χ1) is 7.18. The van der Waals surface area contributed by atoms with Gasteiger partial charge in [-0.1, -0.05) is 33.8 Å². The molecule has 1 unspecified atom stereocenters. The summed E-state index contributed by atoms with van der Waals surface area (Å²) in [5, 5.41) is 0. The number of hydrogen-bond acceptors (Lipinski definition) is 1. The van der Waals surface area contributed by atoms with Crippen LogP contribution in [0.15, 0.2) is 18.2 Å². The summed E-state index contributed by atoms with van der Waals surface area (Å²) >= 11 is 0. The van der Waals surface area contributed by atoms with Gasteiger partial charge in [0.15, 0.2) is 0 Å². The second kappa shape index (κ2) is 5.15. The van der Waals surface area contributed by atoms with Gasteiger partial charge in [-0.2, -0.15) is 0 Å². The molecule has 0 bridgehead atoms. The summed E-state index contributed by atoms with van der Waals surface area (Å²) < 4.78 is 18.2. The molecular weight excluding hydrogens is 191 g/mol. The molecule has 0 aliphatic carbocycles. The first-order valence-electron chi connectivity index (χ1n) is 5.60. The molecule has 1 aliphatic rings. The minimum atomic E-state index is -0.219. The van der Waals surface area contributed by atoms with Crippen LogP contribution in [0.4, 0.5) is 4.39 Å². The molecule has 1 aliphatic heterocycles. The monoisotopic (exact) mass is 210 g/mol. The van der Waals surface area contributed by atoms with Crippen LogP contribution in [-0.4, -0.2) is 6.61 Å². The minimum Gasteiger partial charge on any atom is -0.493 e. The molecule has 0 amide bonds. The number of benzene rings is 1.